The summed E-state index contributed by atoms with van der Waals surface area (Å²) in [4.78, 5) is 11.5. The summed E-state index contributed by atoms with van der Waals surface area (Å²) >= 11 is 0. The van der Waals surface area contributed by atoms with Crippen molar-refractivity contribution in [3.05, 3.63) is 64.7 Å². The first-order chi connectivity index (χ1) is 9.97. The van der Waals surface area contributed by atoms with Gasteiger partial charge in [0, 0.05) is 6.42 Å². The van der Waals surface area contributed by atoms with Crippen molar-refractivity contribution >= 4 is 5.97 Å². The number of ether oxygens (including phenoxy) is 1. The van der Waals surface area contributed by atoms with Crippen LogP contribution in [-0.4, -0.2) is 17.2 Å². The van der Waals surface area contributed by atoms with Gasteiger partial charge in [-0.1, -0.05) is 35.9 Å². The van der Waals surface area contributed by atoms with Crippen LogP contribution < -0.4 is 4.74 Å². The Morgan fingerprint density at radius 2 is 1.67 bits per heavy atom. The summed E-state index contributed by atoms with van der Waals surface area (Å²) in [5, 5.41) is 9.41. The summed E-state index contributed by atoms with van der Waals surface area (Å²) < 4.78 is 5.62. The fourth-order valence-corrected chi connectivity index (χ4v) is 2.56. The van der Waals surface area contributed by atoms with E-state index in [9.17, 15) is 9.90 Å². The van der Waals surface area contributed by atoms with Crippen molar-refractivity contribution in [2.75, 3.05) is 0 Å². The normalized spacial score (nSPS) is 12.0. The smallest absolute Gasteiger partial charge is 0.345 e. The third-order valence-corrected chi connectivity index (χ3v) is 3.53. The zero-order valence-corrected chi connectivity index (χ0v) is 12.6. The van der Waals surface area contributed by atoms with E-state index in [2.05, 4.69) is 12.1 Å². The van der Waals surface area contributed by atoms with Crippen LogP contribution in [0.3, 0.4) is 0 Å². The largest absolute Gasteiger partial charge is 0.478 e. The maximum absolute atomic E-state index is 11.5. The van der Waals surface area contributed by atoms with E-state index < -0.39 is 12.1 Å². The van der Waals surface area contributed by atoms with Crippen molar-refractivity contribution in [3.8, 4) is 5.75 Å². The van der Waals surface area contributed by atoms with Gasteiger partial charge in [0.1, 0.15) is 5.75 Å². The van der Waals surface area contributed by atoms with Crippen molar-refractivity contribution in [1.29, 1.82) is 0 Å². The fraction of sp³-hybridized carbons (Fsp3) is 0.278. The van der Waals surface area contributed by atoms with Crippen LogP contribution in [-0.2, 0) is 11.2 Å². The molecule has 0 bridgehead atoms. The third-order valence-electron chi connectivity index (χ3n) is 3.53. The van der Waals surface area contributed by atoms with Crippen LogP contribution in [0.5, 0.6) is 5.75 Å². The lowest BCUT2D eigenvalue weighted by Gasteiger charge is -2.18. The van der Waals surface area contributed by atoms with Crippen molar-refractivity contribution in [2.24, 2.45) is 0 Å². The highest BCUT2D eigenvalue weighted by Gasteiger charge is 2.22. The molecule has 0 unspecified atom stereocenters. The Morgan fingerprint density at radius 1 is 1.10 bits per heavy atom. The van der Waals surface area contributed by atoms with Crippen molar-refractivity contribution in [1.82, 2.24) is 0 Å². The second kappa shape index (κ2) is 6.44. The van der Waals surface area contributed by atoms with E-state index >= 15 is 0 Å². The van der Waals surface area contributed by atoms with Gasteiger partial charge in [-0.25, -0.2) is 4.79 Å². The van der Waals surface area contributed by atoms with Crippen LogP contribution in [0.25, 0.3) is 0 Å². The number of carboxylic acids is 1. The summed E-state index contributed by atoms with van der Waals surface area (Å²) in [5.41, 5.74) is 4.44. The number of hydrogen-bond donors (Lipinski definition) is 1. The summed E-state index contributed by atoms with van der Waals surface area (Å²) in [6.07, 6.45) is -0.519. The Kier molecular flexibility index (Phi) is 4.63. The van der Waals surface area contributed by atoms with Crippen LogP contribution in [0.2, 0.25) is 0 Å². The van der Waals surface area contributed by atoms with E-state index in [0.29, 0.717) is 12.2 Å². The molecule has 3 nitrogen and oxygen atoms in total. The van der Waals surface area contributed by atoms with E-state index in [4.69, 9.17) is 4.74 Å². The van der Waals surface area contributed by atoms with Crippen LogP contribution in [0.4, 0.5) is 0 Å². The van der Waals surface area contributed by atoms with Gasteiger partial charge in [-0.15, -0.1) is 0 Å². The van der Waals surface area contributed by atoms with E-state index in [1.807, 2.05) is 39.0 Å². The highest BCUT2D eigenvalue weighted by Crippen LogP contribution is 2.20. The predicted octanol–water partition coefficient (Wildman–Crippen LogP) is 3.69. The molecule has 0 aliphatic heterocycles. The number of carboxylic acid groups (broad SMARTS) is 1. The molecule has 3 heteroatoms. The fourth-order valence-electron chi connectivity index (χ4n) is 2.56. The lowest BCUT2D eigenvalue weighted by molar-refractivity contribution is -0.145. The van der Waals surface area contributed by atoms with Gasteiger partial charge in [0.25, 0.3) is 0 Å². The van der Waals surface area contributed by atoms with Crippen LogP contribution in [0.1, 0.15) is 22.3 Å². The molecular formula is C18H20O3. The quantitative estimate of drug-likeness (QED) is 0.911. The first kappa shape index (κ1) is 15.1. The molecule has 0 saturated heterocycles. The second-order valence-corrected chi connectivity index (χ2v) is 5.34. The molecule has 21 heavy (non-hydrogen) atoms. The first-order valence-electron chi connectivity index (χ1n) is 6.98. The van der Waals surface area contributed by atoms with Crippen LogP contribution in [0.15, 0.2) is 42.5 Å². The van der Waals surface area contributed by atoms with Gasteiger partial charge < -0.3 is 9.84 Å². The minimum atomic E-state index is -0.946. The molecule has 0 amide bonds. The van der Waals surface area contributed by atoms with E-state index in [1.54, 1.807) is 12.1 Å². The molecule has 0 fully saturated rings. The first-order valence-corrected chi connectivity index (χ1v) is 6.98. The topological polar surface area (TPSA) is 46.5 Å². The molecule has 2 aromatic carbocycles. The average Bonchev–Trinajstić information content (AvgIpc) is 2.42. The molecule has 0 spiro atoms. The van der Waals surface area contributed by atoms with E-state index in [0.717, 1.165) is 16.7 Å². The number of aliphatic carboxylic acids is 1. The SMILES string of the molecule is Cc1cc(C)c(C[C@H](Oc2ccccc2)C(=O)O)c(C)c1. The molecule has 2 rings (SSSR count). The van der Waals surface area contributed by atoms with Gasteiger partial charge in [-0.3, -0.25) is 0 Å². The summed E-state index contributed by atoms with van der Waals surface area (Å²) in [7, 11) is 0. The monoisotopic (exact) mass is 284 g/mol. The van der Waals surface area contributed by atoms with Crippen molar-refractivity contribution < 1.29 is 14.6 Å². The zero-order chi connectivity index (χ0) is 15.4. The molecule has 0 heterocycles. The summed E-state index contributed by atoms with van der Waals surface area (Å²) in [6.45, 7) is 6.06. The number of benzene rings is 2. The summed E-state index contributed by atoms with van der Waals surface area (Å²) in [5.74, 6) is -0.370. The molecule has 1 atom stereocenters. The predicted molar refractivity (Wildman–Crippen MR) is 82.9 cm³/mol. The maximum atomic E-state index is 11.5. The van der Waals surface area contributed by atoms with Crippen LogP contribution in [0, 0.1) is 20.8 Å². The van der Waals surface area contributed by atoms with Gasteiger partial charge in [-0.05, 0) is 49.6 Å². The lowest BCUT2D eigenvalue weighted by atomic mass is 9.95. The second-order valence-electron chi connectivity index (χ2n) is 5.34. The van der Waals surface area contributed by atoms with Gasteiger partial charge in [-0.2, -0.15) is 0 Å². The Morgan fingerprint density at radius 3 is 2.19 bits per heavy atom. The van der Waals surface area contributed by atoms with E-state index in [-0.39, 0.29) is 0 Å². The average molecular weight is 284 g/mol. The molecule has 0 aromatic heterocycles. The zero-order valence-electron chi connectivity index (χ0n) is 12.6. The number of aryl methyl sites for hydroxylation is 3. The van der Waals surface area contributed by atoms with E-state index in [1.165, 1.54) is 5.56 Å². The molecule has 110 valence electrons. The van der Waals surface area contributed by atoms with Gasteiger partial charge >= 0.3 is 5.97 Å². The molecule has 0 radical (unpaired) electrons. The number of hydrogen-bond acceptors (Lipinski definition) is 2. The number of para-hydroxylation sites is 1. The van der Waals surface area contributed by atoms with Crippen LogP contribution >= 0.6 is 0 Å². The number of carbonyl (C=O) groups is 1. The van der Waals surface area contributed by atoms with Gasteiger partial charge in [0.2, 0.25) is 0 Å². The maximum Gasteiger partial charge on any atom is 0.345 e. The third kappa shape index (κ3) is 3.85. The Labute approximate surface area is 125 Å². The highest BCUT2D eigenvalue weighted by atomic mass is 16.5. The molecule has 0 aliphatic carbocycles. The minimum Gasteiger partial charge on any atom is -0.478 e. The van der Waals surface area contributed by atoms with Crippen molar-refractivity contribution in [2.45, 2.75) is 33.3 Å². The molecule has 0 aliphatic rings. The Balaban J connectivity index is 2.23. The molecule has 2 aromatic rings. The lowest BCUT2D eigenvalue weighted by Crippen LogP contribution is -2.30. The Bertz CT molecular complexity index is 609. The molecule has 1 N–H and O–H groups in total. The summed E-state index contributed by atoms with van der Waals surface area (Å²) in [6, 6.07) is 13.2. The molecule has 0 saturated carbocycles. The van der Waals surface area contributed by atoms with Crippen molar-refractivity contribution in [3.63, 3.8) is 0 Å². The van der Waals surface area contributed by atoms with Gasteiger partial charge in [0.15, 0.2) is 6.10 Å². The Hall–Kier alpha value is -2.29. The van der Waals surface area contributed by atoms with Gasteiger partial charge in [0.05, 0.1) is 0 Å². The standard InChI is InChI=1S/C18H20O3/c1-12-9-13(2)16(14(3)10-12)11-17(18(19)20)21-15-7-5-4-6-8-15/h4-10,17H,11H2,1-3H3,(H,19,20)/t17-/m0/s1. The molecular weight excluding hydrogens is 264 g/mol. The highest BCUT2D eigenvalue weighted by molar-refractivity contribution is 5.73. The number of rotatable bonds is 5. The minimum absolute atomic E-state index is 0.363.